The molecule has 1 fully saturated rings. The van der Waals surface area contributed by atoms with Gasteiger partial charge in [0.05, 0.1) is 6.42 Å². The van der Waals surface area contributed by atoms with E-state index in [0.717, 1.165) is 19.3 Å². The van der Waals surface area contributed by atoms with Crippen molar-refractivity contribution >= 4 is 5.97 Å². The number of carboxylic acids is 1. The van der Waals surface area contributed by atoms with E-state index in [4.69, 9.17) is 0 Å². The van der Waals surface area contributed by atoms with Crippen molar-refractivity contribution in [1.82, 2.24) is 0 Å². The van der Waals surface area contributed by atoms with Gasteiger partial charge in [0, 0.05) is 0 Å². The second-order valence-corrected chi connectivity index (χ2v) is 8.27. The molecule has 0 aromatic rings. The predicted octanol–water partition coefficient (Wildman–Crippen LogP) is 7.50. The summed E-state index contributed by atoms with van der Waals surface area (Å²) in [6.45, 7) is 2.28. The van der Waals surface area contributed by atoms with Crippen LogP contribution in [0.4, 0.5) is 0 Å². The zero-order chi connectivity index (χ0) is 17.5. The molecule has 0 aromatic carbocycles. The molecule has 0 amide bonds. The van der Waals surface area contributed by atoms with E-state index in [1.807, 2.05) is 0 Å². The fourth-order valence-electron chi connectivity index (χ4n) is 4.48. The van der Waals surface area contributed by atoms with E-state index in [9.17, 15) is 9.90 Å². The van der Waals surface area contributed by atoms with Gasteiger partial charge >= 0.3 is 5.97 Å². The van der Waals surface area contributed by atoms with Gasteiger partial charge in [0.25, 0.3) is 0 Å². The van der Waals surface area contributed by atoms with E-state index in [1.165, 1.54) is 96.3 Å². The lowest BCUT2D eigenvalue weighted by molar-refractivity contribution is -0.140. The van der Waals surface area contributed by atoms with Gasteiger partial charge in [-0.05, 0) is 24.7 Å². The zero-order valence-electron chi connectivity index (χ0n) is 16.3. The van der Waals surface area contributed by atoms with Crippen LogP contribution in [0.1, 0.15) is 129 Å². The summed E-state index contributed by atoms with van der Waals surface area (Å²) in [6, 6.07) is 0. The van der Waals surface area contributed by atoms with Crippen LogP contribution in [0.2, 0.25) is 0 Å². The molecule has 0 heterocycles. The first-order chi connectivity index (χ1) is 11.7. The molecule has 1 saturated carbocycles. The zero-order valence-corrected chi connectivity index (χ0v) is 16.3. The van der Waals surface area contributed by atoms with Crippen molar-refractivity contribution < 1.29 is 9.90 Å². The number of rotatable bonds is 15. The molecule has 1 rings (SSSR count). The minimum absolute atomic E-state index is 0.141. The third-order valence-electron chi connectivity index (χ3n) is 6.00. The van der Waals surface area contributed by atoms with E-state index < -0.39 is 5.97 Å². The molecule has 0 saturated heterocycles. The Labute approximate surface area is 150 Å². The molecular weight excluding hydrogens is 296 g/mol. The highest BCUT2D eigenvalue weighted by Gasteiger charge is 2.33. The highest BCUT2D eigenvalue weighted by atomic mass is 16.4. The Morgan fingerprint density at radius 3 is 1.67 bits per heavy atom. The van der Waals surface area contributed by atoms with Gasteiger partial charge in [-0.25, -0.2) is 0 Å². The first-order valence-electron chi connectivity index (χ1n) is 10.9. The maximum absolute atomic E-state index is 11.2. The van der Waals surface area contributed by atoms with E-state index in [2.05, 4.69) is 6.92 Å². The second-order valence-electron chi connectivity index (χ2n) is 8.27. The minimum atomic E-state index is -0.587. The summed E-state index contributed by atoms with van der Waals surface area (Å²) in [4.78, 5) is 11.2. The number of carbonyl (C=O) groups is 1. The van der Waals surface area contributed by atoms with Gasteiger partial charge in [0.2, 0.25) is 0 Å². The van der Waals surface area contributed by atoms with Crippen molar-refractivity contribution in [3.05, 3.63) is 0 Å². The van der Waals surface area contributed by atoms with Gasteiger partial charge in [-0.3, -0.25) is 4.79 Å². The summed E-state index contributed by atoms with van der Waals surface area (Å²) in [7, 11) is 0. The highest BCUT2D eigenvalue weighted by molar-refractivity contribution is 5.67. The maximum atomic E-state index is 11.2. The number of unbranched alkanes of at least 4 members (excludes halogenated alkanes) is 11. The molecule has 0 atom stereocenters. The third kappa shape index (κ3) is 10.4. The Hall–Kier alpha value is -0.530. The van der Waals surface area contributed by atoms with E-state index in [1.54, 1.807) is 0 Å². The molecule has 24 heavy (non-hydrogen) atoms. The summed E-state index contributed by atoms with van der Waals surface area (Å²) in [5, 5.41) is 9.22. The van der Waals surface area contributed by atoms with Gasteiger partial charge in [-0.2, -0.15) is 0 Å². The molecule has 2 heteroatoms. The Kier molecular flexibility index (Phi) is 12.3. The SMILES string of the molecule is CCCCCCCCCCCCCCC1(CC(=O)O)CCCCC1. The van der Waals surface area contributed by atoms with Crippen molar-refractivity contribution in [3.63, 3.8) is 0 Å². The quantitative estimate of drug-likeness (QED) is 0.314. The van der Waals surface area contributed by atoms with E-state index in [-0.39, 0.29) is 5.41 Å². The van der Waals surface area contributed by atoms with Crippen LogP contribution in [0, 0.1) is 5.41 Å². The van der Waals surface area contributed by atoms with Crippen LogP contribution in [0.3, 0.4) is 0 Å². The fourth-order valence-corrected chi connectivity index (χ4v) is 4.48. The van der Waals surface area contributed by atoms with Gasteiger partial charge in [0.1, 0.15) is 0 Å². The molecule has 0 bridgehead atoms. The molecule has 1 aliphatic rings. The topological polar surface area (TPSA) is 37.3 Å². The summed E-state index contributed by atoms with van der Waals surface area (Å²) in [5.74, 6) is -0.587. The number of hydrogen-bond acceptors (Lipinski definition) is 1. The Balaban J connectivity index is 1.97. The molecule has 2 nitrogen and oxygen atoms in total. The first kappa shape index (κ1) is 21.5. The van der Waals surface area contributed by atoms with Crippen molar-refractivity contribution in [2.75, 3.05) is 0 Å². The normalized spacial score (nSPS) is 17.0. The van der Waals surface area contributed by atoms with Crippen LogP contribution >= 0.6 is 0 Å². The Bertz CT molecular complexity index is 305. The number of aliphatic carboxylic acids is 1. The van der Waals surface area contributed by atoms with E-state index >= 15 is 0 Å². The van der Waals surface area contributed by atoms with Crippen molar-refractivity contribution in [3.8, 4) is 0 Å². The number of carboxylic acid groups (broad SMARTS) is 1. The van der Waals surface area contributed by atoms with Gasteiger partial charge in [0.15, 0.2) is 0 Å². The molecule has 0 unspecified atom stereocenters. The predicted molar refractivity (Wildman–Crippen MR) is 103 cm³/mol. The Morgan fingerprint density at radius 1 is 0.750 bits per heavy atom. The Morgan fingerprint density at radius 2 is 1.21 bits per heavy atom. The van der Waals surface area contributed by atoms with Crippen LogP contribution in [-0.2, 0) is 4.79 Å². The highest BCUT2D eigenvalue weighted by Crippen LogP contribution is 2.43. The molecule has 142 valence electrons. The van der Waals surface area contributed by atoms with Crippen molar-refractivity contribution in [2.24, 2.45) is 5.41 Å². The van der Waals surface area contributed by atoms with Crippen LogP contribution < -0.4 is 0 Å². The van der Waals surface area contributed by atoms with Crippen LogP contribution in [0.25, 0.3) is 0 Å². The second kappa shape index (κ2) is 13.7. The largest absolute Gasteiger partial charge is 0.481 e. The van der Waals surface area contributed by atoms with Crippen LogP contribution in [-0.4, -0.2) is 11.1 Å². The summed E-state index contributed by atoms with van der Waals surface area (Å²) in [6.07, 6.45) is 24.2. The fraction of sp³-hybridized carbons (Fsp3) is 0.955. The third-order valence-corrected chi connectivity index (χ3v) is 6.00. The van der Waals surface area contributed by atoms with Gasteiger partial charge in [-0.1, -0.05) is 103 Å². The lowest BCUT2D eigenvalue weighted by atomic mass is 9.69. The van der Waals surface area contributed by atoms with Crippen molar-refractivity contribution in [1.29, 1.82) is 0 Å². The van der Waals surface area contributed by atoms with Gasteiger partial charge < -0.3 is 5.11 Å². The van der Waals surface area contributed by atoms with Crippen LogP contribution in [0.5, 0.6) is 0 Å². The first-order valence-corrected chi connectivity index (χ1v) is 10.9. The maximum Gasteiger partial charge on any atom is 0.303 e. The average molecular weight is 339 g/mol. The monoisotopic (exact) mass is 338 g/mol. The molecular formula is C22H42O2. The van der Waals surface area contributed by atoms with Crippen LogP contribution in [0.15, 0.2) is 0 Å². The summed E-state index contributed by atoms with van der Waals surface area (Å²) in [5.41, 5.74) is 0.141. The van der Waals surface area contributed by atoms with Gasteiger partial charge in [-0.15, -0.1) is 0 Å². The lowest BCUT2D eigenvalue weighted by Crippen LogP contribution is -2.27. The lowest BCUT2D eigenvalue weighted by Gasteiger charge is -2.36. The summed E-state index contributed by atoms with van der Waals surface area (Å²) < 4.78 is 0. The minimum Gasteiger partial charge on any atom is -0.481 e. The van der Waals surface area contributed by atoms with E-state index in [0.29, 0.717) is 6.42 Å². The number of hydrogen-bond donors (Lipinski definition) is 1. The molecule has 0 radical (unpaired) electrons. The summed E-state index contributed by atoms with van der Waals surface area (Å²) >= 11 is 0. The van der Waals surface area contributed by atoms with Crippen molar-refractivity contribution in [2.45, 2.75) is 129 Å². The molecule has 0 aliphatic heterocycles. The molecule has 0 aromatic heterocycles. The molecule has 1 N–H and O–H groups in total. The standard InChI is InChI=1S/C22H42O2/c1-2-3-4-5-6-7-8-9-10-11-12-14-17-22(20-21(23)24)18-15-13-16-19-22/h2-20H2,1H3,(H,23,24). The molecule has 0 spiro atoms. The smallest absolute Gasteiger partial charge is 0.303 e. The average Bonchev–Trinajstić information content (AvgIpc) is 2.56. The molecule has 1 aliphatic carbocycles.